The van der Waals surface area contributed by atoms with Gasteiger partial charge in [0.1, 0.15) is 5.75 Å². The van der Waals surface area contributed by atoms with E-state index in [1.165, 1.54) is 18.6 Å². The monoisotopic (exact) mass is 550 g/mol. The zero-order valence-corrected chi connectivity index (χ0v) is 24.2. The Kier molecular flexibility index (Phi) is 6.87. The lowest BCUT2D eigenvalue weighted by molar-refractivity contribution is 0.102. The highest BCUT2D eigenvalue weighted by Gasteiger charge is 2.36. The number of carbonyl (C=O) groups is 1. The molecule has 0 bridgehead atoms. The Morgan fingerprint density at radius 2 is 1.74 bits per heavy atom. The lowest BCUT2D eigenvalue weighted by Gasteiger charge is -2.24. The fourth-order valence-electron chi connectivity index (χ4n) is 5.62. The average molecular weight is 551 g/mol. The highest BCUT2D eigenvalue weighted by atomic mass is 32.2. The number of ether oxygens (including phenoxy) is 1. The van der Waals surface area contributed by atoms with Crippen LogP contribution in [0.5, 0.6) is 5.75 Å². The van der Waals surface area contributed by atoms with Crippen LogP contribution in [0.3, 0.4) is 0 Å². The second-order valence-electron chi connectivity index (χ2n) is 12.5. The Bertz CT molecular complexity index is 1510. The summed E-state index contributed by atoms with van der Waals surface area (Å²) in [7, 11) is -3.80. The molecule has 2 heterocycles. The van der Waals surface area contributed by atoms with Gasteiger partial charge in [-0.15, -0.1) is 0 Å². The van der Waals surface area contributed by atoms with E-state index < -0.39 is 10.0 Å². The van der Waals surface area contributed by atoms with Crippen LogP contribution >= 0.6 is 0 Å². The van der Waals surface area contributed by atoms with E-state index in [1.807, 2.05) is 18.2 Å². The largest absolute Gasteiger partial charge is 0.492 e. The summed E-state index contributed by atoms with van der Waals surface area (Å²) < 4.78 is 31.4. The number of anilines is 1. The molecule has 2 aromatic carbocycles. The van der Waals surface area contributed by atoms with Crippen molar-refractivity contribution in [1.82, 2.24) is 9.78 Å². The molecule has 9 heteroatoms. The maximum Gasteiger partial charge on any atom is 0.276 e. The molecule has 5 rings (SSSR count). The second-order valence-corrected chi connectivity index (χ2v) is 14.1. The van der Waals surface area contributed by atoms with Gasteiger partial charge in [-0.25, -0.2) is 18.2 Å². The molecule has 0 radical (unpaired) electrons. The van der Waals surface area contributed by atoms with Gasteiger partial charge in [-0.2, -0.15) is 5.10 Å². The maximum atomic E-state index is 13.6. The number of sulfonamides is 1. The summed E-state index contributed by atoms with van der Waals surface area (Å²) in [5.74, 6) is 0.900. The molecule has 208 valence electrons. The number of carbonyl (C=O) groups excluding carboxylic acids is 1. The van der Waals surface area contributed by atoms with E-state index in [2.05, 4.69) is 39.9 Å². The van der Waals surface area contributed by atoms with Gasteiger partial charge < -0.3 is 10.1 Å². The number of primary sulfonamides is 1. The number of hydrogen-bond acceptors (Lipinski definition) is 5. The summed E-state index contributed by atoms with van der Waals surface area (Å²) in [6.07, 6.45) is 5.51. The number of amides is 1. The first-order valence-corrected chi connectivity index (χ1v) is 15.1. The molecule has 39 heavy (non-hydrogen) atoms. The first-order chi connectivity index (χ1) is 18.2. The quantitative estimate of drug-likeness (QED) is 0.417. The van der Waals surface area contributed by atoms with Crippen molar-refractivity contribution in [3.8, 4) is 11.4 Å². The van der Waals surface area contributed by atoms with Crippen molar-refractivity contribution >= 4 is 21.6 Å². The number of aromatic nitrogens is 2. The Hall–Kier alpha value is -3.17. The number of rotatable bonds is 5. The van der Waals surface area contributed by atoms with E-state index in [9.17, 15) is 13.2 Å². The Balaban J connectivity index is 1.51. The van der Waals surface area contributed by atoms with Crippen molar-refractivity contribution in [1.29, 1.82) is 0 Å². The van der Waals surface area contributed by atoms with E-state index in [-0.39, 0.29) is 27.6 Å². The zero-order valence-electron chi connectivity index (χ0n) is 23.4. The smallest absolute Gasteiger partial charge is 0.276 e. The number of nitrogens with one attached hydrogen (secondary N) is 1. The highest BCUT2D eigenvalue weighted by molar-refractivity contribution is 7.89. The third kappa shape index (κ3) is 5.47. The van der Waals surface area contributed by atoms with Crippen LogP contribution in [0.15, 0.2) is 47.4 Å². The van der Waals surface area contributed by atoms with E-state index in [4.69, 9.17) is 15.0 Å². The minimum Gasteiger partial charge on any atom is -0.492 e. The third-order valence-electron chi connectivity index (χ3n) is 7.86. The lowest BCUT2D eigenvalue weighted by Crippen LogP contribution is -2.19. The van der Waals surface area contributed by atoms with Gasteiger partial charge >= 0.3 is 0 Å². The standard InChI is InChI=1S/C30H38N4O4S/c1-29(2,3)23-15-20(16-24-27(23)38-18-30(24,4)5)32-28(35)25-17-26(19-9-7-6-8-10-19)34(33-25)21-11-13-22(14-12-21)39(31,36)37/h11-17,19H,6-10,18H2,1-5H3,(H,32,35)(H2,31,36,37). The molecule has 8 nitrogen and oxygen atoms in total. The molecule has 0 saturated heterocycles. The summed E-state index contributed by atoms with van der Waals surface area (Å²) in [6, 6.07) is 12.2. The predicted molar refractivity (Wildman–Crippen MR) is 152 cm³/mol. The minimum absolute atomic E-state index is 0.0359. The summed E-state index contributed by atoms with van der Waals surface area (Å²) in [5, 5.41) is 13.1. The van der Waals surface area contributed by atoms with Gasteiger partial charge in [-0.05, 0) is 60.7 Å². The molecule has 1 fully saturated rings. The van der Waals surface area contributed by atoms with Gasteiger partial charge in [0, 0.05) is 33.8 Å². The molecule has 1 aliphatic heterocycles. The van der Waals surface area contributed by atoms with Crippen molar-refractivity contribution in [2.24, 2.45) is 5.14 Å². The van der Waals surface area contributed by atoms with Crippen LogP contribution in [-0.4, -0.2) is 30.7 Å². The molecule has 1 aliphatic carbocycles. The summed E-state index contributed by atoms with van der Waals surface area (Å²) in [5.41, 5.74) is 4.51. The van der Waals surface area contributed by atoms with Crippen molar-refractivity contribution in [3.05, 3.63) is 65.0 Å². The van der Waals surface area contributed by atoms with Crippen LogP contribution in [0.4, 0.5) is 5.69 Å². The van der Waals surface area contributed by atoms with E-state index in [1.54, 1.807) is 16.8 Å². The van der Waals surface area contributed by atoms with E-state index in [0.29, 0.717) is 23.7 Å². The maximum absolute atomic E-state index is 13.6. The molecule has 1 amide bonds. The molecule has 0 unspecified atom stereocenters. The Labute approximate surface area is 231 Å². The van der Waals surface area contributed by atoms with Crippen LogP contribution < -0.4 is 15.2 Å². The molecule has 2 aliphatic rings. The number of benzene rings is 2. The molecule has 0 spiro atoms. The lowest BCUT2D eigenvalue weighted by atomic mass is 9.80. The number of fused-ring (bicyclic) bond motifs is 1. The van der Waals surface area contributed by atoms with Crippen LogP contribution in [-0.2, 0) is 20.9 Å². The first kappa shape index (κ1) is 27.4. The third-order valence-corrected chi connectivity index (χ3v) is 8.79. The summed E-state index contributed by atoms with van der Waals surface area (Å²) >= 11 is 0. The molecule has 1 aromatic heterocycles. The van der Waals surface area contributed by atoms with Crippen LogP contribution in [0.2, 0.25) is 0 Å². The molecule has 3 aromatic rings. The molecular weight excluding hydrogens is 512 g/mol. The van der Waals surface area contributed by atoms with Gasteiger partial charge in [-0.3, -0.25) is 4.79 Å². The fourth-order valence-corrected chi connectivity index (χ4v) is 6.14. The minimum atomic E-state index is -3.80. The van der Waals surface area contributed by atoms with Gasteiger partial charge in [0.25, 0.3) is 5.91 Å². The highest BCUT2D eigenvalue weighted by Crippen LogP contribution is 2.46. The Morgan fingerprint density at radius 3 is 2.36 bits per heavy atom. The topological polar surface area (TPSA) is 116 Å². The van der Waals surface area contributed by atoms with Gasteiger partial charge in [0.15, 0.2) is 5.69 Å². The molecular formula is C30H38N4O4S. The van der Waals surface area contributed by atoms with E-state index in [0.717, 1.165) is 48.3 Å². The molecule has 1 saturated carbocycles. The fraction of sp³-hybridized carbons (Fsp3) is 0.467. The van der Waals surface area contributed by atoms with Crippen LogP contribution in [0, 0.1) is 0 Å². The van der Waals surface area contributed by atoms with Crippen molar-refractivity contribution in [3.63, 3.8) is 0 Å². The second kappa shape index (κ2) is 9.78. The van der Waals surface area contributed by atoms with Gasteiger partial charge in [0.05, 0.1) is 17.2 Å². The van der Waals surface area contributed by atoms with E-state index >= 15 is 0 Å². The Morgan fingerprint density at radius 1 is 1.08 bits per heavy atom. The average Bonchev–Trinajstić information content (AvgIpc) is 3.45. The van der Waals surface area contributed by atoms with Crippen molar-refractivity contribution in [2.45, 2.75) is 88.4 Å². The number of hydrogen-bond donors (Lipinski definition) is 2. The normalized spacial score (nSPS) is 17.5. The zero-order chi connectivity index (χ0) is 28.2. The molecule has 0 atom stereocenters. The summed E-state index contributed by atoms with van der Waals surface area (Å²) in [4.78, 5) is 13.6. The molecule has 3 N–H and O–H groups in total. The van der Waals surface area contributed by atoms with Crippen LogP contribution in [0.1, 0.15) is 99.9 Å². The predicted octanol–water partition coefficient (Wildman–Crippen LogP) is 5.79. The van der Waals surface area contributed by atoms with Crippen molar-refractivity contribution < 1.29 is 17.9 Å². The van der Waals surface area contributed by atoms with Crippen LogP contribution in [0.25, 0.3) is 5.69 Å². The first-order valence-electron chi connectivity index (χ1n) is 13.6. The summed E-state index contributed by atoms with van der Waals surface area (Å²) in [6.45, 7) is 11.3. The van der Waals surface area contributed by atoms with Gasteiger partial charge in [-0.1, -0.05) is 53.9 Å². The van der Waals surface area contributed by atoms with Gasteiger partial charge in [0.2, 0.25) is 10.0 Å². The van der Waals surface area contributed by atoms with Crippen molar-refractivity contribution in [2.75, 3.05) is 11.9 Å². The number of nitrogens with two attached hydrogens (primary N) is 1. The SMILES string of the molecule is CC(C)(C)c1cc(NC(=O)c2cc(C3CCCCC3)n(-c3ccc(S(N)(=O)=O)cc3)n2)cc2c1OCC2(C)C. The number of nitrogens with zero attached hydrogens (tertiary/aromatic N) is 2.